The van der Waals surface area contributed by atoms with Crippen molar-refractivity contribution in [1.82, 2.24) is 19.7 Å². The fraction of sp³-hybridized carbons (Fsp3) is 0.357. The Morgan fingerprint density at radius 3 is 3.05 bits per heavy atom. The van der Waals surface area contributed by atoms with Gasteiger partial charge in [-0.1, -0.05) is 6.07 Å². The van der Waals surface area contributed by atoms with E-state index < -0.39 is 0 Å². The van der Waals surface area contributed by atoms with Gasteiger partial charge in [-0.05, 0) is 31.0 Å². The van der Waals surface area contributed by atoms with E-state index in [0.717, 1.165) is 25.1 Å². The number of aromatic nitrogens is 3. The fourth-order valence-electron chi connectivity index (χ4n) is 2.50. The molecule has 2 aromatic rings. The molecule has 0 bridgehead atoms. The molecule has 0 spiro atoms. The Kier molecular flexibility index (Phi) is 3.47. The van der Waals surface area contributed by atoms with Crippen LogP contribution in [0, 0.1) is 0 Å². The van der Waals surface area contributed by atoms with E-state index in [2.05, 4.69) is 10.1 Å². The van der Waals surface area contributed by atoms with Crippen molar-refractivity contribution in [3.63, 3.8) is 0 Å². The van der Waals surface area contributed by atoms with Gasteiger partial charge in [0.05, 0.1) is 5.69 Å². The van der Waals surface area contributed by atoms with Crippen molar-refractivity contribution < 1.29 is 4.79 Å². The molecule has 1 fully saturated rings. The first-order chi connectivity index (χ1) is 9.74. The van der Waals surface area contributed by atoms with Crippen LogP contribution in [0.15, 0.2) is 36.9 Å². The molecule has 0 aliphatic carbocycles. The Morgan fingerprint density at radius 2 is 2.30 bits per heavy atom. The highest BCUT2D eigenvalue weighted by molar-refractivity contribution is 5.94. The molecule has 3 rings (SSSR count). The van der Waals surface area contributed by atoms with E-state index in [1.54, 1.807) is 11.0 Å². The molecule has 6 heteroatoms. The summed E-state index contributed by atoms with van der Waals surface area (Å²) in [4.78, 5) is 18.2. The number of hydrogen-bond acceptors (Lipinski definition) is 4. The van der Waals surface area contributed by atoms with E-state index in [9.17, 15) is 4.79 Å². The Bertz CT molecular complexity index is 595. The van der Waals surface area contributed by atoms with Gasteiger partial charge in [0, 0.05) is 24.7 Å². The van der Waals surface area contributed by atoms with Gasteiger partial charge in [-0.25, -0.2) is 9.67 Å². The number of piperidine rings is 1. The molecule has 6 nitrogen and oxygen atoms in total. The van der Waals surface area contributed by atoms with Crippen LogP contribution in [0.5, 0.6) is 0 Å². The summed E-state index contributed by atoms with van der Waals surface area (Å²) in [6, 6.07) is 7.49. The summed E-state index contributed by atoms with van der Waals surface area (Å²) in [5.41, 5.74) is 7.42. The van der Waals surface area contributed by atoms with Crippen LogP contribution in [0.1, 0.15) is 23.2 Å². The molecule has 1 aliphatic heterocycles. The van der Waals surface area contributed by atoms with Crippen molar-refractivity contribution >= 4 is 5.91 Å². The van der Waals surface area contributed by atoms with Gasteiger partial charge in [-0.15, -0.1) is 0 Å². The number of hydrogen-bond donors (Lipinski definition) is 1. The summed E-state index contributed by atoms with van der Waals surface area (Å²) in [6.45, 7) is 1.41. The molecule has 1 unspecified atom stereocenters. The molecule has 0 radical (unpaired) electrons. The quantitative estimate of drug-likeness (QED) is 0.877. The third-order valence-electron chi connectivity index (χ3n) is 3.52. The van der Waals surface area contributed by atoms with E-state index in [0.29, 0.717) is 12.1 Å². The molecular weight excluding hydrogens is 254 g/mol. The zero-order valence-electron chi connectivity index (χ0n) is 11.1. The van der Waals surface area contributed by atoms with Crippen LogP contribution < -0.4 is 5.73 Å². The highest BCUT2D eigenvalue weighted by atomic mass is 16.2. The summed E-state index contributed by atoms with van der Waals surface area (Å²) >= 11 is 0. The highest BCUT2D eigenvalue weighted by Gasteiger charge is 2.22. The molecule has 1 aromatic carbocycles. The number of rotatable bonds is 2. The second-order valence-corrected chi connectivity index (χ2v) is 5.04. The van der Waals surface area contributed by atoms with Crippen molar-refractivity contribution in [3.8, 4) is 5.69 Å². The van der Waals surface area contributed by atoms with Gasteiger partial charge in [0.2, 0.25) is 0 Å². The maximum Gasteiger partial charge on any atom is 0.253 e. The number of nitrogens with zero attached hydrogens (tertiary/aromatic N) is 4. The summed E-state index contributed by atoms with van der Waals surface area (Å²) in [5, 5.41) is 4.07. The minimum Gasteiger partial charge on any atom is -0.337 e. The molecule has 1 saturated heterocycles. The lowest BCUT2D eigenvalue weighted by Gasteiger charge is -2.30. The molecule has 0 saturated carbocycles. The first kappa shape index (κ1) is 12.8. The fourth-order valence-corrected chi connectivity index (χ4v) is 2.50. The average molecular weight is 271 g/mol. The normalized spacial score (nSPS) is 19.1. The second-order valence-electron chi connectivity index (χ2n) is 5.04. The topological polar surface area (TPSA) is 77.0 Å². The number of benzene rings is 1. The van der Waals surface area contributed by atoms with E-state index in [4.69, 9.17) is 5.73 Å². The van der Waals surface area contributed by atoms with Gasteiger partial charge >= 0.3 is 0 Å². The van der Waals surface area contributed by atoms with Crippen molar-refractivity contribution in [1.29, 1.82) is 0 Å². The van der Waals surface area contributed by atoms with Crippen LogP contribution in [0.2, 0.25) is 0 Å². The van der Waals surface area contributed by atoms with Crippen LogP contribution in [0.3, 0.4) is 0 Å². The minimum absolute atomic E-state index is 0.0297. The van der Waals surface area contributed by atoms with Crippen LogP contribution in [0.25, 0.3) is 5.69 Å². The maximum atomic E-state index is 12.5. The molecule has 2 N–H and O–H groups in total. The second kappa shape index (κ2) is 5.42. The van der Waals surface area contributed by atoms with Gasteiger partial charge < -0.3 is 10.6 Å². The molecule has 2 heterocycles. The SMILES string of the molecule is NC1CCCN(C(=O)c2cccc(-n3cncn3)c2)C1. The number of nitrogens with two attached hydrogens (primary N) is 1. The molecule has 1 aliphatic rings. The summed E-state index contributed by atoms with van der Waals surface area (Å²) in [7, 11) is 0. The van der Waals surface area contributed by atoms with Gasteiger partial charge in [-0.2, -0.15) is 5.10 Å². The number of carbonyl (C=O) groups is 1. The molecule has 104 valence electrons. The third-order valence-corrected chi connectivity index (χ3v) is 3.52. The third kappa shape index (κ3) is 2.55. The maximum absolute atomic E-state index is 12.5. The standard InChI is InChI=1S/C14H17N5O/c15-12-4-2-6-18(8-12)14(20)11-3-1-5-13(7-11)19-10-16-9-17-19/h1,3,5,7,9-10,12H,2,4,6,8,15H2. The molecule has 1 aromatic heterocycles. The lowest BCUT2D eigenvalue weighted by Crippen LogP contribution is -2.45. The minimum atomic E-state index is 0.0297. The van der Waals surface area contributed by atoms with Crippen LogP contribution in [-0.4, -0.2) is 44.7 Å². The van der Waals surface area contributed by atoms with E-state index in [1.807, 2.05) is 29.2 Å². The predicted molar refractivity (Wildman–Crippen MR) is 74.5 cm³/mol. The number of carbonyl (C=O) groups excluding carboxylic acids is 1. The Morgan fingerprint density at radius 1 is 1.40 bits per heavy atom. The summed E-state index contributed by atoms with van der Waals surface area (Å²) in [5.74, 6) is 0.0297. The van der Waals surface area contributed by atoms with E-state index in [-0.39, 0.29) is 11.9 Å². The smallest absolute Gasteiger partial charge is 0.253 e. The molecule has 1 atom stereocenters. The van der Waals surface area contributed by atoms with Gasteiger partial charge in [0.15, 0.2) is 0 Å². The first-order valence-corrected chi connectivity index (χ1v) is 6.74. The average Bonchev–Trinajstić information content (AvgIpc) is 3.01. The highest BCUT2D eigenvalue weighted by Crippen LogP contribution is 2.15. The molecule has 20 heavy (non-hydrogen) atoms. The van der Waals surface area contributed by atoms with Crippen LogP contribution >= 0.6 is 0 Å². The largest absolute Gasteiger partial charge is 0.337 e. The number of amides is 1. The van der Waals surface area contributed by atoms with Crippen molar-refractivity contribution in [3.05, 3.63) is 42.5 Å². The van der Waals surface area contributed by atoms with Crippen molar-refractivity contribution in [2.45, 2.75) is 18.9 Å². The lowest BCUT2D eigenvalue weighted by atomic mass is 10.1. The van der Waals surface area contributed by atoms with Gasteiger partial charge in [-0.3, -0.25) is 4.79 Å². The lowest BCUT2D eigenvalue weighted by molar-refractivity contribution is 0.0709. The monoisotopic (exact) mass is 271 g/mol. The zero-order valence-corrected chi connectivity index (χ0v) is 11.1. The van der Waals surface area contributed by atoms with Gasteiger partial charge in [0.1, 0.15) is 12.7 Å². The van der Waals surface area contributed by atoms with Crippen molar-refractivity contribution in [2.75, 3.05) is 13.1 Å². The molecule has 1 amide bonds. The summed E-state index contributed by atoms with van der Waals surface area (Å²) < 4.78 is 1.64. The zero-order chi connectivity index (χ0) is 13.9. The van der Waals surface area contributed by atoms with E-state index in [1.165, 1.54) is 6.33 Å². The first-order valence-electron chi connectivity index (χ1n) is 6.74. The molecular formula is C14H17N5O. The van der Waals surface area contributed by atoms with Crippen molar-refractivity contribution in [2.24, 2.45) is 5.73 Å². The Balaban J connectivity index is 1.83. The van der Waals surface area contributed by atoms with Crippen LogP contribution in [-0.2, 0) is 0 Å². The number of likely N-dealkylation sites (tertiary alicyclic amines) is 1. The predicted octanol–water partition coefficient (Wildman–Crippen LogP) is 0.831. The summed E-state index contributed by atoms with van der Waals surface area (Å²) in [6.07, 6.45) is 5.04. The van der Waals surface area contributed by atoms with Crippen LogP contribution in [0.4, 0.5) is 0 Å². The Labute approximate surface area is 117 Å². The van der Waals surface area contributed by atoms with E-state index >= 15 is 0 Å². The Hall–Kier alpha value is -2.21. The van der Waals surface area contributed by atoms with Gasteiger partial charge in [0.25, 0.3) is 5.91 Å².